The molecule has 1 saturated carbocycles. The van der Waals surface area contributed by atoms with Crippen molar-refractivity contribution in [3.63, 3.8) is 0 Å². The minimum atomic E-state index is -0.249. The number of aromatic nitrogens is 4. The van der Waals surface area contributed by atoms with E-state index in [-0.39, 0.29) is 5.82 Å². The van der Waals surface area contributed by atoms with E-state index in [0.29, 0.717) is 35.0 Å². The predicted octanol–water partition coefficient (Wildman–Crippen LogP) is 4.14. The third-order valence-electron chi connectivity index (χ3n) is 5.72. The SMILES string of the molecule is CCc1nc(Cc2c(C3CCC3)ccc(-c3cnc(N)cn3)c2F)cc(N(C)C)n1. The molecule has 0 bridgehead atoms. The Morgan fingerprint density at radius 1 is 1.13 bits per heavy atom. The van der Waals surface area contributed by atoms with Crippen molar-refractivity contribution in [1.29, 1.82) is 0 Å². The van der Waals surface area contributed by atoms with Crippen molar-refractivity contribution < 1.29 is 4.39 Å². The highest BCUT2D eigenvalue weighted by atomic mass is 19.1. The van der Waals surface area contributed by atoms with E-state index in [2.05, 4.69) is 19.9 Å². The molecule has 3 aromatic rings. The molecule has 7 heteroatoms. The number of hydrogen-bond acceptors (Lipinski definition) is 6. The molecular weight excluding hydrogens is 379 g/mol. The lowest BCUT2D eigenvalue weighted by atomic mass is 9.77. The minimum Gasteiger partial charge on any atom is -0.382 e. The average Bonchev–Trinajstić information content (AvgIpc) is 2.70. The molecule has 0 aliphatic heterocycles. The molecule has 2 heterocycles. The van der Waals surface area contributed by atoms with Gasteiger partial charge in [0.1, 0.15) is 23.3 Å². The van der Waals surface area contributed by atoms with Crippen LogP contribution in [-0.2, 0) is 12.8 Å². The second-order valence-corrected chi connectivity index (χ2v) is 8.01. The molecule has 156 valence electrons. The fraction of sp³-hybridized carbons (Fsp3) is 0.391. The smallest absolute Gasteiger partial charge is 0.141 e. The molecule has 0 unspecified atom stereocenters. The molecule has 0 atom stereocenters. The number of rotatable bonds is 6. The van der Waals surface area contributed by atoms with Gasteiger partial charge in [-0.25, -0.2) is 19.3 Å². The van der Waals surface area contributed by atoms with Gasteiger partial charge in [0.25, 0.3) is 0 Å². The number of hydrogen-bond donors (Lipinski definition) is 1. The van der Waals surface area contributed by atoms with Crippen LogP contribution in [0, 0.1) is 5.82 Å². The Bertz CT molecular complexity index is 1040. The molecule has 1 fully saturated rings. The van der Waals surface area contributed by atoms with Crippen LogP contribution < -0.4 is 10.6 Å². The van der Waals surface area contributed by atoms with Gasteiger partial charge >= 0.3 is 0 Å². The second-order valence-electron chi connectivity index (χ2n) is 8.01. The summed E-state index contributed by atoms with van der Waals surface area (Å²) < 4.78 is 15.8. The molecule has 0 saturated heterocycles. The maximum Gasteiger partial charge on any atom is 0.141 e. The molecule has 4 rings (SSSR count). The Morgan fingerprint density at radius 2 is 1.93 bits per heavy atom. The van der Waals surface area contributed by atoms with Crippen LogP contribution in [0.25, 0.3) is 11.3 Å². The summed E-state index contributed by atoms with van der Waals surface area (Å²) in [7, 11) is 3.90. The highest BCUT2D eigenvalue weighted by Gasteiger charge is 2.26. The van der Waals surface area contributed by atoms with Gasteiger partial charge in [-0.3, -0.25) is 4.98 Å². The summed E-state index contributed by atoms with van der Waals surface area (Å²) in [6.07, 6.45) is 7.51. The molecule has 1 aliphatic carbocycles. The van der Waals surface area contributed by atoms with Gasteiger partial charge in [0, 0.05) is 38.6 Å². The average molecular weight is 407 g/mol. The lowest BCUT2D eigenvalue weighted by molar-refractivity contribution is 0.415. The van der Waals surface area contributed by atoms with Crippen LogP contribution in [0.3, 0.4) is 0 Å². The fourth-order valence-corrected chi connectivity index (χ4v) is 3.79. The zero-order chi connectivity index (χ0) is 21.3. The topological polar surface area (TPSA) is 80.8 Å². The van der Waals surface area contributed by atoms with Crippen LogP contribution in [0.15, 0.2) is 30.6 Å². The van der Waals surface area contributed by atoms with Gasteiger partial charge < -0.3 is 10.6 Å². The third kappa shape index (κ3) is 3.97. The highest BCUT2D eigenvalue weighted by molar-refractivity contribution is 5.63. The first-order chi connectivity index (χ1) is 14.5. The predicted molar refractivity (Wildman–Crippen MR) is 117 cm³/mol. The first-order valence-corrected chi connectivity index (χ1v) is 10.4. The van der Waals surface area contributed by atoms with E-state index >= 15 is 4.39 Å². The minimum absolute atomic E-state index is 0.249. The van der Waals surface area contributed by atoms with Crippen molar-refractivity contribution in [3.05, 3.63) is 59.1 Å². The van der Waals surface area contributed by atoms with Crippen molar-refractivity contribution in [2.24, 2.45) is 0 Å². The highest BCUT2D eigenvalue weighted by Crippen LogP contribution is 2.41. The number of aryl methyl sites for hydroxylation is 1. The Kier molecular flexibility index (Phi) is 5.61. The van der Waals surface area contributed by atoms with E-state index in [1.54, 1.807) is 0 Å². The molecule has 0 radical (unpaired) electrons. The summed E-state index contributed by atoms with van der Waals surface area (Å²) in [5, 5.41) is 0. The van der Waals surface area contributed by atoms with Gasteiger partial charge in [0.15, 0.2) is 0 Å². The number of nitrogens with zero attached hydrogens (tertiary/aromatic N) is 5. The maximum absolute atomic E-state index is 15.8. The lowest BCUT2D eigenvalue weighted by Gasteiger charge is -2.29. The van der Waals surface area contributed by atoms with Crippen LogP contribution >= 0.6 is 0 Å². The summed E-state index contributed by atoms with van der Waals surface area (Å²) in [6.45, 7) is 2.03. The maximum atomic E-state index is 15.8. The van der Waals surface area contributed by atoms with Crippen molar-refractivity contribution in [2.75, 3.05) is 24.7 Å². The van der Waals surface area contributed by atoms with Crippen LogP contribution in [0.5, 0.6) is 0 Å². The van der Waals surface area contributed by atoms with Gasteiger partial charge in [-0.15, -0.1) is 0 Å². The third-order valence-corrected chi connectivity index (χ3v) is 5.72. The van der Waals surface area contributed by atoms with Gasteiger partial charge in [-0.05, 0) is 36.0 Å². The molecule has 2 aromatic heterocycles. The van der Waals surface area contributed by atoms with Crippen LogP contribution in [0.1, 0.15) is 54.7 Å². The number of benzene rings is 1. The van der Waals surface area contributed by atoms with Gasteiger partial charge in [-0.2, -0.15) is 0 Å². The summed E-state index contributed by atoms with van der Waals surface area (Å²) in [5.41, 5.74) is 9.17. The normalized spacial score (nSPS) is 13.9. The molecule has 30 heavy (non-hydrogen) atoms. The van der Waals surface area contributed by atoms with Crippen molar-refractivity contribution in [3.8, 4) is 11.3 Å². The van der Waals surface area contributed by atoms with E-state index in [9.17, 15) is 0 Å². The Hall–Kier alpha value is -3.09. The molecule has 2 N–H and O–H groups in total. The van der Waals surface area contributed by atoms with E-state index < -0.39 is 0 Å². The second kappa shape index (κ2) is 8.34. The molecular formula is C23H27FN6. The van der Waals surface area contributed by atoms with Crippen molar-refractivity contribution in [1.82, 2.24) is 19.9 Å². The standard InChI is InChI=1S/C23H27FN6/c1-4-21-28-15(11-22(29-21)30(2)3)10-18-16(14-6-5-7-14)8-9-17(23(18)24)19-12-27-20(25)13-26-19/h8-9,11-14H,4-7,10H2,1-3H3,(H2,25,27). The zero-order valence-corrected chi connectivity index (χ0v) is 17.7. The first-order valence-electron chi connectivity index (χ1n) is 10.4. The Balaban J connectivity index is 1.80. The zero-order valence-electron chi connectivity index (χ0n) is 17.7. The summed E-state index contributed by atoms with van der Waals surface area (Å²) >= 11 is 0. The monoisotopic (exact) mass is 406 g/mol. The molecule has 0 spiro atoms. The molecule has 6 nitrogen and oxygen atoms in total. The van der Waals surface area contributed by atoms with Gasteiger partial charge in [0.2, 0.25) is 0 Å². The molecule has 1 aromatic carbocycles. The van der Waals surface area contributed by atoms with Crippen LogP contribution in [0.4, 0.5) is 16.0 Å². The first kappa shape index (κ1) is 20.2. The fourth-order valence-electron chi connectivity index (χ4n) is 3.79. The van der Waals surface area contributed by atoms with Crippen LogP contribution in [0.2, 0.25) is 0 Å². The lowest BCUT2D eigenvalue weighted by Crippen LogP contribution is -2.16. The van der Waals surface area contributed by atoms with E-state index in [1.165, 1.54) is 18.8 Å². The Labute approximate surface area is 176 Å². The molecule has 0 amide bonds. The number of nitrogens with two attached hydrogens (primary N) is 1. The van der Waals surface area contributed by atoms with E-state index in [0.717, 1.165) is 42.2 Å². The van der Waals surface area contributed by atoms with Gasteiger partial charge in [0.05, 0.1) is 23.8 Å². The summed E-state index contributed by atoms with van der Waals surface area (Å²) in [5.74, 6) is 2.07. The van der Waals surface area contributed by atoms with E-state index in [4.69, 9.17) is 5.73 Å². The van der Waals surface area contributed by atoms with E-state index in [1.807, 2.05) is 44.1 Å². The van der Waals surface area contributed by atoms with Crippen molar-refractivity contribution >= 4 is 11.6 Å². The summed E-state index contributed by atoms with van der Waals surface area (Å²) in [6, 6.07) is 5.80. The number of anilines is 2. The number of halogens is 1. The summed E-state index contributed by atoms with van der Waals surface area (Å²) in [4.78, 5) is 19.5. The molecule has 1 aliphatic rings. The van der Waals surface area contributed by atoms with Crippen molar-refractivity contribution in [2.45, 2.75) is 44.9 Å². The van der Waals surface area contributed by atoms with Gasteiger partial charge in [-0.1, -0.05) is 19.4 Å². The number of nitrogen functional groups attached to an aromatic ring is 1. The Morgan fingerprint density at radius 3 is 2.53 bits per heavy atom. The van der Waals surface area contributed by atoms with Crippen LogP contribution in [-0.4, -0.2) is 34.0 Å². The largest absolute Gasteiger partial charge is 0.382 e. The quantitative estimate of drug-likeness (QED) is 0.663.